The van der Waals surface area contributed by atoms with Gasteiger partial charge < -0.3 is 30.1 Å². The van der Waals surface area contributed by atoms with Gasteiger partial charge >= 0.3 is 0 Å². The summed E-state index contributed by atoms with van der Waals surface area (Å²) >= 11 is 0. The molecule has 1 aromatic heterocycles. The van der Waals surface area contributed by atoms with Gasteiger partial charge in [-0.25, -0.2) is 8.42 Å². The van der Waals surface area contributed by atoms with E-state index >= 15 is 0 Å². The van der Waals surface area contributed by atoms with Crippen molar-refractivity contribution >= 4 is 44.8 Å². The lowest BCUT2D eigenvalue weighted by molar-refractivity contribution is -0.117. The van der Waals surface area contributed by atoms with Gasteiger partial charge in [0, 0.05) is 43.2 Å². The van der Waals surface area contributed by atoms with Gasteiger partial charge in [0.25, 0.3) is 5.91 Å². The fourth-order valence-corrected chi connectivity index (χ4v) is 4.97. The Morgan fingerprint density at radius 2 is 1.79 bits per heavy atom. The van der Waals surface area contributed by atoms with Crippen molar-refractivity contribution in [2.45, 2.75) is 24.3 Å². The van der Waals surface area contributed by atoms with E-state index in [0.717, 1.165) is 24.0 Å². The fraction of sp³-hybridized carbons (Fsp3) is 0.440. The van der Waals surface area contributed by atoms with E-state index in [2.05, 4.69) is 27.5 Å². The summed E-state index contributed by atoms with van der Waals surface area (Å²) in [6.45, 7) is 0.0631. The van der Waals surface area contributed by atoms with Crippen molar-refractivity contribution in [3.05, 3.63) is 29.5 Å². The Balaban J connectivity index is 1.64. The first-order valence-electron chi connectivity index (χ1n) is 12.1. The number of rotatable bonds is 7. The predicted molar refractivity (Wildman–Crippen MR) is 144 cm³/mol. The average molecular weight is 558 g/mol. The molecule has 2 aromatic rings. The second kappa shape index (κ2) is 10.7. The quantitative estimate of drug-likeness (QED) is 0.395. The largest absolute Gasteiger partial charge is 0.356 e. The SMILES string of the molecule is CN(C)CC(=O)Nc1cc(C#CCN2c3nc(S(C)(=O)=O)n(C)c3C(=O)N(C)C2O)cc(NC(=O)C2CC2)c1. The Morgan fingerprint density at radius 1 is 1.15 bits per heavy atom. The molecule has 0 saturated heterocycles. The molecule has 0 bridgehead atoms. The molecule has 1 saturated carbocycles. The number of fused-ring (bicyclic) bond motifs is 1. The molecule has 4 rings (SSSR count). The normalized spacial score (nSPS) is 17.0. The highest BCUT2D eigenvalue weighted by Gasteiger charge is 2.40. The summed E-state index contributed by atoms with van der Waals surface area (Å²) in [5.74, 6) is 4.95. The topological polar surface area (TPSA) is 157 Å². The van der Waals surface area contributed by atoms with Crippen LogP contribution in [0.3, 0.4) is 0 Å². The minimum atomic E-state index is -3.75. The van der Waals surface area contributed by atoms with Crippen LogP contribution in [0.25, 0.3) is 0 Å². The molecule has 3 amide bonds. The number of nitrogens with zero attached hydrogens (tertiary/aromatic N) is 5. The van der Waals surface area contributed by atoms with E-state index in [1.165, 1.54) is 23.6 Å². The third kappa shape index (κ3) is 6.22. The van der Waals surface area contributed by atoms with Gasteiger partial charge in [-0.3, -0.25) is 19.3 Å². The molecule has 3 N–H and O–H groups in total. The number of aromatic nitrogens is 2. The highest BCUT2D eigenvalue weighted by Crippen LogP contribution is 2.32. The number of amides is 3. The number of likely N-dealkylation sites (N-methyl/N-ethyl adjacent to an activating group) is 1. The van der Waals surface area contributed by atoms with Crippen molar-refractivity contribution in [2.75, 3.05) is 56.0 Å². The highest BCUT2D eigenvalue weighted by molar-refractivity contribution is 7.90. The Morgan fingerprint density at radius 3 is 2.38 bits per heavy atom. The number of anilines is 3. The third-order valence-corrected chi connectivity index (χ3v) is 7.19. The van der Waals surface area contributed by atoms with Gasteiger partial charge in [0.05, 0.1) is 13.1 Å². The zero-order valence-corrected chi connectivity index (χ0v) is 23.2. The van der Waals surface area contributed by atoms with Crippen LogP contribution in [0.2, 0.25) is 0 Å². The van der Waals surface area contributed by atoms with Gasteiger partial charge in [-0.1, -0.05) is 11.8 Å². The summed E-state index contributed by atoms with van der Waals surface area (Å²) < 4.78 is 25.6. The van der Waals surface area contributed by atoms with Crippen LogP contribution < -0.4 is 15.5 Å². The zero-order chi connectivity index (χ0) is 28.6. The number of aliphatic hydroxyl groups excluding tert-OH is 1. The number of carbonyl (C=O) groups excluding carboxylic acids is 3. The molecule has 1 atom stereocenters. The van der Waals surface area contributed by atoms with E-state index in [-0.39, 0.29) is 47.5 Å². The zero-order valence-electron chi connectivity index (χ0n) is 22.3. The summed E-state index contributed by atoms with van der Waals surface area (Å²) in [5, 5.41) is 16.1. The van der Waals surface area contributed by atoms with E-state index in [0.29, 0.717) is 16.9 Å². The molecule has 1 unspecified atom stereocenters. The van der Waals surface area contributed by atoms with Crippen molar-refractivity contribution in [2.24, 2.45) is 13.0 Å². The van der Waals surface area contributed by atoms with Crippen LogP contribution in [-0.2, 0) is 26.5 Å². The molecule has 39 heavy (non-hydrogen) atoms. The molecule has 208 valence electrons. The second-order valence-electron chi connectivity index (χ2n) is 9.94. The molecule has 1 aromatic carbocycles. The monoisotopic (exact) mass is 557 g/mol. The lowest BCUT2D eigenvalue weighted by Gasteiger charge is -2.37. The molecule has 1 fully saturated rings. The lowest BCUT2D eigenvalue weighted by atomic mass is 10.1. The van der Waals surface area contributed by atoms with Gasteiger partial charge in [0.15, 0.2) is 11.5 Å². The molecular weight excluding hydrogens is 526 g/mol. The number of sulfone groups is 1. The summed E-state index contributed by atoms with van der Waals surface area (Å²) in [5.41, 5.74) is 1.43. The number of benzene rings is 1. The predicted octanol–water partition coefficient (Wildman–Crippen LogP) is -0.108. The Labute approximate surface area is 226 Å². The number of hydrogen-bond acceptors (Lipinski definition) is 9. The molecule has 0 spiro atoms. The fourth-order valence-electron chi connectivity index (χ4n) is 4.13. The molecule has 2 heterocycles. The van der Waals surface area contributed by atoms with E-state index in [1.54, 1.807) is 37.2 Å². The Kier molecular flexibility index (Phi) is 7.69. The van der Waals surface area contributed by atoms with Crippen LogP contribution in [0.5, 0.6) is 0 Å². The Bertz CT molecular complexity index is 1500. The number of hydrogen-bond donors (Lipinski definition) is 3. The van der Waals surface area contributed by atoms with E-state index in [1.807, 2.05) is 0 Å². The van der Waals surface area contributed by atoms with Crippen LogP contribution in [0, 0.1) is 17.8 Å². The number of aliphatic hydroxyl groups is 1. The van der Waals surface area contributed by atoms with E-state index in [4.69, 9.17) is 0 Å². The minimum Gasteiger partial charge on any atom is -0.356 e. The average Bonchev–Trinajstić information content (AvgIpc) is 3.61. The minimum absolute atomic E-state index is 0.00455. The number of nitrogens with one attached hydrogen (secondary N) is 2. The maximum absolute atomic E-state index is 12.8. The summed E-state index contributed by atoms with van der Waals surface area (Å²) in [6, 6.07) is 4.98. The summed E-state index contributed by atoms with van der Waals surface area (Å²) in [4.78, 5) is 45.7. The molecule has 14 heteroatoms. The molecule has 13 nitrogen and oxygen atoms in total. The molecule has 0 radical (unpaired) electrons. The van der Waals surface area contributed by atoms with Gasteiger partial charge in [-0.05, 0) is 45.1 Å². The standard InChI is InChI=1S/C25H31N7O6S/c1-29(2)14-19(33)26-17-11-15(12-18(13-17)27-22(34)16-8-9-16)7-6-10-32-21-20(23(35)31(4)25(32)36)30(3)24(28-21)39(5,37)38/h11-13,16,25,36H,8-10,14H2,1-5H3,(H,26,33)(H,27,34). The van der Waals surface area contributed by atoms with Crippen molar-refractivity contribution < 1.29 is 27.9 Å². The molecule has 1 aliphatic carbocycles. The number of imidazole rings is 1. The lowest BCUT2D eigenvalue weighted by Crippen LogP contribution is -2.54. The first-order valence-corrected chi connectivity index (χ1v) is 14.0. The van der Waals surface area contributed by atoms with Crippen molar-refractivity contribution in [3.8, 4) is 11.8 Å². The van der Waals surface area contributed by atoms with Crippen LogP contribution in [0.1, 0.15) is 28.9 Å². The number of carbonyl (C=O) groups is 3. The maximum atomic E-state index is 12.8. The van der Waals surface area contributed by atoms with Gasteiger partial charge in [-0.2, -0.15) is 4.98 Å². The third-order valence-electron chi connectivity index (χ3n) is 6.16. The van der Waals surface area contributed by atoms with Crippen LogP contribution in [-0.4, -0.2) is 97.4 Å². The second-order valence-corrected chi connectivity index (χ2v) is 11.8. The van der Waals surface area contributed by atoms with Crippen LogP contribution in [0.15, 0.2) is 23.4 Å². The van der Waals surface area contributed by atoms with Crippen molar-refractivity contribution in [1.29, 1.82) is 0 Å². The Hall–Kier alpha value is -3.93. The summed E-state index contributed by atoms with van der Waals surface area (Å²) in [6.07, 6.45) is 1.23. The maximum Gasteiger partial charge on any atom is 0.277 e. The first-order chi connectivity index (χ1) is 18.3. The first kappa shape index (κ1) is 28.1. The van der Waals surface area contributed by atoms with Crippen molar-refractivity contribution in [1.82, 2.24) is 19.4 Å². The van der Waals surface area contributed by atoms with Gasteiger partial charge in [-0.15, -0.1) is 0 Å². The van der Waals surface area contributed by atoms with E-state index < -0.39 is 22.1 Å². The molecule has 2 aliphatic rings. The van der Waals surface area contributed by atoms with E-state index in [9.17, 15) is 27.9 Å². The molecule has 1 aliphatic heterocycles. The van der Waals surface area contributed by atoms with Gasteiger partial charge in [0.2, 0.25) is 33.2 Å². The van der Waals surface area contributed by atoms with Gasteiger partial charge in [0.1, 0.15) is 0 Å². The molecular formula is C25H31N7O6S. The van der Waals surface area contributed by atoms with Crippen molar-refractivity contribution in [3.63, 3.8) is 0 Å². The summed E-state index contributed by atoms with van der Waals surface area (Å²) in [7, 11) is 2.60. The smallest absolute Gasteiger partial charge is 0.277 e. The van der Waals surface area contributed by atoms with Crippen LogP contribution >= 0.6 is 0 Å². The van der Waals surface area contributed by atoms with Crippen LogP contribution in [0.4, 0.5) is 17.2 Å². The highest BCUT2D eigenvalue weighted by atomic mass is 32.2.